The Hall–Kier alpha value is -3.49. The molecular formula is C16H17N7O2. The maximum atomic E-state index is 12.0. The summed E-state index contributed by atoms with van der Waals surface area (Å²) in [6.07, 6.45) is 3.27. The zero-order chi connectivity index (χ0) is 17.8. The Morgan fingerprint density at radius 3 is 2.60 bits per heavy atom. The maximum absolute atomic E-state index is 12.0. The van der Waals surface area contributed by atoms with Gasteiger partial charge in [0.25, 0.3) is 0 Å². The summed E-state index contributed by atoms with van der Waals surface area (Å²) in [6.45, 7) is 2.09. The van der Waals surface area contributed by atoms with Gasteiger partial charge in [0, 0.05) is 19.8 Å². The van der Waals surface area contributed by atoms with E-state index < -0.39 is 11.8 Å². The van der Waals surface area contributed by atoms with Crippen LogP contribution in [0.1, 0.15) is 11.3 Å². The maximum Gasteiger partial charge on any atom is 0.316 e. The number of nitrogens with zero attached hydrogens (tertiary/aromatic N) is 5. The summed E-state index contributed by atoms with van der Waals surface area (Å²) < 4.78 is 3.16. The van der Waals surface area contributed by atoms with E-state index in [0.29, 0.717) is 0 Å². The summed E-state index contributed by atoms with van der Waals surface area (Å²) in [5.41, 5.74) is 2.56. The number of rotatable bonds is 4. The van der Waals surface area contributed by atoms with Crippen LogP contribution in [0, 0.1) is 6.92 Å². The quantitative estimate of drug-likeness (QED) is 0.676. The Morgan fingerprint density at radius 2 is 1.92 bits per heavy atom. The summed E-state index contributed by atoms with van der Waals surface area (Å²) in [5, 5.41) is 13.2. The minimum Gasteiger partial charge on any atom is -0.344 e. The Labute approximate surface area is 143 Å². The van der Waals surface area contributed by atoms with Crippen molar-refractivity contribution in [2.24, 2.45) is 7.05 Å². The molecule has 2 amide bonds. The van der Waals surface area contributed by atoms with Gasteiger partial charge in [0.2, 0.25) is 5.95 Å². The van der Waals surface area contributed by atoms with Crippen molar-refractivity contribution in [3.05, 3.63) is 54.1 Å². The molecule has 0 aliphatic heterocycles. The molecule has 0 saturated carbocycles. The van der Waals surface area contributed by atoms with E-state index in [2.05, 4.69) is 25.8 Å². The van der Waals surface area contributed by atoms with Gasteiger partial charge >= 0.3 is 11.8 Å². The van der Waals surface area contributed by atoms with Gasteiger partial charge in [-0.2, -0.15) is 5.10 Å². The van der Waals surface area contributed by atoms with Gasteiger partial charge in [-0.15, -0.1) is 5.10 Å². The number of nitrogens with one attached hydrogen (secondary N) is 2. The number of para-hydroxylation sites is 1. The zero-order valence-corrected chi connectivity index (χ0v) is 13.8. The standard InChI is InChI=1S/C16H17N7O2/c1-11-7-8-23(20-11)13-6-4-3-5-12(13)9-17-14(24)15(25)19-16-18-10-22(2)21-16/h3-8,10H,9H2,1-2H3,(H,17,24)(H,19,21,25). The second-order valence-corrected chi connectivity index (χ2v) is 5.41. The number of benzene rings is 1. The number of hydrogen-bond acceptors (Lipinski definition) is 5. The van der Waals surface area contributed by atoms with Crippen molar-refractivity contribution in [3.8, 4) is 5.69 Å². The molecule has 9 nitrogen and oxygen atoms in total. The fourth-order valence-corrected chi connectivity index (χ4v) is 2.24. The van der Waals surface area contributed by atoms with Crippen LogP contribution in [0.15, 0.2) is 42.9 Å². The molecule has 3 aromatic rings. The molecule has 128 valence electrons. The third-order valence-electron chi connectivity index (χ3n) is 3.43. The highest BCUT2D eigenvalue weighted by atomic mass is 16.2. The summed E-state index contributed by atoms with van der Waals surface area (Å²) in [6, 6.07) is 9.40. The molecule has 0 atom stereocenters. The van der Waals surface area contributed by atoms with Crippen LogP contribution in [-0.2, 0) is 23.2 Å². The number of carbonyl (C=O) groups is 2. The predicted octanol–water partition coefficient (Wildman–Crippen LogP) is 0.564. The summed E-state index contributed by atoms with van der Waals surface area (Å²) in [7, 11) is 1.66. The van der Waals surface area contributed by atoms with Crippen molar-refractivity contribution in [2.75, 3.05) is 5.32 Å². The zero-order valence-electron chi connectivity index (χ0n) is 13.8. The number of amides is 2. The lowest BCUT2D eigenvalue weighted by molar-refractivity contribution is -0.136. The molecule has 0 unspecified atom stereocenters. The monoisotopic (exact) mass is 339 g/mol. The average molecular weight is 339 g/mol. The van der Waals surface area contributed by atoms with Crippen molar-refractivity contribution < 1.29 is 9.59 Å². The molecule has 2 heterocycles. The van der Waals surface area contributed by atoms with Crippen LogP contribution >= 0.6 is 0 Å². The fourth-order valence-electron chi connectivity index (χ4n) is 2.24. The topological polar surface area (TPSA) is 107 Å². The molecule has 0 bridgehead atoms. The van der Waals surface area contributed by atoms with E-state index in [-0.39, 0.29) is 12.5 Å². The Kier molecular flexibility index (Phi) is 4.55. The lowest BCUT2D eigenvalue weighted by atomic mass is 10.2. The third kappa shape index (κ3) is 3.89. The largest absolute Gasteiger partial charge is 0.344 e. The first-order valence-corrected chi connectivity index (χ1v) is 7.58. The van der Waals surface area contributed by atoms with Gasteiger partial charge in [0.1, 0.15) is 6.33 Å². The van der Waals surface area contributed by atoms with E-state index in [9.17, 15) is 9.59 Å². The number of carbonyl (C=O) groups excluding carboxylic acids is 2. The first kappa shape index (κ1) is 16.4. The minimum atomic E-state index is -0.821. The van der Waals surface area contributed by atoms with E-state index in [4.69, 9.17) is 0 Å². The van der Waals surface area contributed by atoms with Crippen LogP contribution in [0.25, 0.3) is 5.69 Å². The Morgan fingerprint density at radius 1 is 1.12 bits per heavy atom. The van der Waals surface area contributed by atoms with Crippen molar-refractivity contribution in [1.29, 1.82) is 0 Å². The molecule has 0 aliphatic carbocycles. The van der Waals surface area contributed by atoms with E-state index >= 15 is 0 Å². The van der Waals surface area contributed by atoms with Crippen LogP contribution in [0.2, 0.25) is 0 Å². The Balaban J connectivity index is 1.65. The Bertz CT molecular complexity index is 913. The number of aromatic nitrogens is 5. The molecule has 9 heteroatoms. The van der Waals surface area contributed by atoms with Crippen molar-refractivity contribution >= 4 is 17.8 Å². The first-order chi connectivity index (χ1) is 12.0. The molecule has 0 spiro atoms. The molecule has 0 aliphatic rings. The fraction of sp³-hybridized carbons (Fsp3) is 0.188. The molecule has 25 heavy (non-hydrogen) atoms. The number of hydrogen-bond donors (Lipinski definition) is 2. The molecule has 3 rings (SSSR count). The van der Waals surface area contributed by atoms with Crippen LogP contribution in [0.3, 0.4) is 0 Å². The lowest BCUT2D eigenvalue weighted by Gasteiger charge is -2.10. The SMILES string of the molecule is Cc1ccn(-c2ccccc2CNC(=O)C(=O)Nc2ncn(C)n2)n1. The van der Waals surface area contributed by atoms with E-state index in [1.165, 1.54) is 11.0 Å². The molecule has 0 radical (unpaired) electrons. The molecule has 0 fully saturated rings. The highest BCUT2D eigenvalue weighted by molar-refractivity contribution is 6.39. The smallest absolute Gasteiger partial charge is 0.316 e. The van der Waals surface area contributed by atoms with Gasteiger partial charge in [-0.05, 0) is 24.6 Å². The minimum absolute atomic E-state index is 0.0788. The third-order valence-corrected chi connectivity index (χ3v) is 3.43. The molecule has 2 aromatic heterocycles. The van der Waals surface area contributed by atoms with Gasteiger partial charge in [-0.3, -0.25) is 19.6 Å². The van der Waals surface area contributed by atoms with E-state index in [1.54, 1.807) is 11.7 Å². The van der Waals surface area contributed by atoms with Gasteiger partial charge in [0.05, 0.1) is 11.4 Å². The van der Waals surface area contributed by atoms with Crippen molar-refractivity contribution in [2.45, 2.75) is 13.5 Å². The van der Waals surface area contributed by atoms with E-state index in [1.807, 2.05) is 43.5 Å². The van der Waals surface area contributed by atoms with Crippen LogP contribution in [-0.4, -0.2) is 36.4 Å². The number of anilines is 1. The van der Waals surface area contributed by atoms with Crippen molar-refractivity contribution in [1.82, 2.24) is 29.9 Å². The average Bonchev–Trinajstić information content (AvgIpc) is 3.21. The molecule has 2 N–H and O–H groups in total. The van der Waals surface area contributed by atoms with Crippen LogP contribution < -0.4 is 10.6 Å². The van der Waals surface area contributed by atoms with Gasteiger partial charge < -0.3 is 5.32 Å². The normalized spacial score (nSPS) is 10.5. The van der Waals surface area contributed by atoms with Gasteiger partial charge in [-0.1, -0.05) is 18.2 Å². The molecule has 1 aromatic carbocycles. The highest BCUT2D eigenvalue weighted by Crippen LogP contribution is 2.14. The molecular weight excluding hydrogens is 322 g/mol. The summed E-state index contributed by atoms with van der Waals surface area (Å²) >= 11 is 0. The number of aryl methyl sites for hydroxylation is 2. The van der Waals surface area contributed by atoms with Gasteiger partial charge in [0.15, 0.2) is 0 Å². The summed E-state index contributed by atoms with van der Waals surface area (Å²) in [5.74, 6) is -1.51. The first-order valence-electron chi connectivity index (χ1n) is 7.58. The summed E-state index contributed by atoms with van der Waals surface area (Å²) in [4.78, 5) is 27.7. The van der Waals surface area contributed by atoms with E-state index in [0.717, 1.165) is 16.9 Å². The predicted molar refractivity (Wildman–Crippen MR) is 89.8 cm³/mol. The lowest BCUT2D eigenvalue weighted by Crippen LogP contribution is -2.35. The molecule has 0 saturated heterocycles. The van der Waals surface area contributed by atoms with Crippen LogP contribution in [0.4, 0.5) is 5.95 Å². The second kappa shape index (κ2) is 6.95. The van der Waals surface area contributed by atoms with Crippen LogP contribution in [0.5, 0.6) is 0 Å². The van der Waals surface area contributed by atoms with Gasteiger partial charge in [-0.25, -0.2) is 9.67 Å². The second-order valence-electron chi connectivity index (χ2n) is 5.41. The van der Waals surface area contributed by atoms with Crippen molar-refractivity contribution in [3.63, 3.8) is 0 Å². The highest BCUT2D eigenvalue weighted by Gasteiger charge is 2.16.